The van der Waals surface area contributed by atoms with Crippen molar-refractivity contribution < 1.29 is 19.0 Å². The van der Waals surface area contributed by atoms with E-state index >= 15 is 0 Å². The summed E-state index contributed by atoms with van der Waals surface area (Å²) in [5, 5.41) is 0. The number of ether oxygens (including phenoxy) is 3. The van der Waals surface area contributed by atoms with E-state index in [4.69, 9.17) is 14.2 Å². The largest absolute Gasteiger partial charge is 0.494 e. The quantitative estimate of drug-likeness (QED) is 0.733. The van der Waals surface area contributed by atoms with Crippen molar-refractivity contribution in [1.82, 2.24) is 9.97 Å². The molecule has 0 atom stereocenters. The number of benzene rings is 2. The Morgan fingerprint density at radius 2 is 1.91 bits per heavy atom. The molecule has 0 saturated carbocycles. The zero-order valence-corrected chi connectivity index (χ0v) is 12.8. The summed E-state index contributed by atoms with van der Waals surface area (Å²) in [6.45, 7) is 0.252. The van der Waals surface area contributed by atoms with Crippen LogP contribution in [-0.4, -0.2) is 30.2 Å². The smallest absolute Gasteiger partial charge is 0.340 e. The van der Waals surface area contributed by atoms with Gasteiger partial charge in [-0.15, -0.1) is 0 Å². The van der Waals surface area contributed by atoms with E-state index in [2.05, 4.69) is 9.97 Å². The molecule has 0 aliphatic carbocycles. The van der Waals surface area contributed by atoms with E-state index in [1.807, 2.05) is 30.3 Å². The van der Waals surface area contributed by atoms with E-state index in [0.717, 1.165) is 5.75 Å². The van der Waals surface area contributed by atoms with Crippen LogP contribution >= 0.6 is 0 Å². The summed E-state index contributed by atoms with van der Waals surface area (Å²) in [7, 11) is 2.90. The molecular weight excluding hydrogens is 296 g/mol. The Balaban J connectivity index is 1.94. The molecule has 0 aliphatic rings. The summed E-state index contributed by atoms with van der Waals surface area (Å²) >= 11 is 0. The van der Waals surface area contributed by atoms with Gasteiger partial charge in [-0.3, -0.25) is 0 Å². The van der Waals surface area contributed by atoms with E-state index < -0.39 is 5.97 Å². The van der Waals surface area contributed by atoms with E-state index in [-0.39, 0.29) is 6.61 Å². The normalized spacial score (nSPS) is 10.5. The monoisotopic (exact) mass is 312 g/mol. The molecule has 0 aliphatic heterocycles. The van der Waals surface area contributed by atoms with Gasteiger partial charge in [-0.2, -0.15) is 0 Å². The number of carbonyl (C=O) groups excluding carboxylic acids is 1. The van der Waals surface area contributed by atoms with Crippen molar-refractivity contribution in [2.24, 2.45) is 0 Å². The van der Waals surface area contributed by atoms with Gasteiger partial charge in [0.2, 0.25) is 0 Å². The van der Waals surface area contributed by atoms with Crippen LogP contribution in [-0.2, 0) is 11.3 Å². The molecule has 0 fully saturated rings. The molecule has 2 aromatic carbocycles. The first-order valence-electron chi connectivity index (χ1n) is 7.04. The maximum Gasteiger partial charge on any atom is 0.340 e. The van der Waals surface area contributed by atoms with E-state index in [1.165, 1.54) is 7.11 Å². The Morgan fingerprint density at radius 1 is 1.13 bits per heavy atom. The average molecular weight is 312 g/mol. The molecule has 118 valence electrons. The minimum absolute atomic E-state index is 0.252. The maximum atomic E-state index is 11.9. The van der Waals surface area contributed by atoms with Crippen LogP contribution in [0.5, 0.6) is 11.5 Å². The number of nitrogens with zero attached hydrogens (tertiary/aromatic N) is 1. The Kier molecular flexibility index (Phi) is 4.14. The summed E-state index contributed by atoms with van der Waals surface area (Å²) in [4.78, 5) is 19.4. The fourth-order valence-corrected chi connectivity index (χ4v) is 2.30. The molecule has 1 N–H and O–H groups in total. The molecule has 3 aromatic rings. The molecule has 0 radical (unpaired) electrons. The number of aromatic amines is 1. The predicted octanol–water partition coefficient (Wildman–Crippen LogP) is 2.94. The average Bonchev–Trinajstić information content (AvgIpc) is 3.03. The lowest BCUT2D eigenvalue weighted by molar-refractivity contribution is 0.0602. The van der Waals surface area contributed by atoms with Crippen LogP contribution in [0.1, 0.15) is 16.2 Å². The number of fused-ring (bicyclic) bond motifs is 1. The third-order valence-corrected chi connectivity index (χ3v) is 3.40. The molecule has 0 bridgehead atoms. The van der Waals surface area contributed by atoms with Gasteiger partial charge in [-0.25, -0.2) is 9.78 Å². The fraction of sp³-hybridized carbons (Fsp3) is 0.176. The van der Waals surface area contributed by atoms with Crippen LogP contribution in [0.4, 0.5) is 0 Å². The standard InChI is InChI=1S/C17H16N2O4/c1-21-13-9-8-12(17(20)22-2)15-16(13)19-14(18-15)10-23-11-6-4-3-5-7-11/h3-9H,10H2,1-2H3,(H,18,19). The van der Waals surface area contributed by atoms with E-state index in [1.54, 1.807) is 19.2 Å². The lowest BCUT2D eigenvalue weighted by Gasteiger charge is -2.04. The second-order valence-corrected chi connectivity index (χ2v) is 4.82. The molecule has 6 heteroatoms. The van der Waals surface area contributed by atoms with Gasteiger partial charge in [0.15, 0.2) is 0 Å². The third kappa shape index (κ3) is 2.96. The van der Waals surface area contributed by atoms with Crippen LogP contribution in [0.25, 0.3) is 11.0 Å². The Labute approximate surface area is 133 Å². The lowest BCUT2D eigenvalue weighted by atomic mass is 10.2. The summed E-state index contributed by atoms with van der Waals surface area (Å²) in [6.07, 6.45) is 0. The highest BCUT2D eigenvalue weighted by atomic mass is 16.5. The number of imidazole rings is 1. The third-order valence-electron chi connectivity index (χ3n) is 3.40. The minimum atomic E-state index is -0.445. The number of esters is 1. The summed E-state index contributed by atoms with van der Waals surface area (Å²) in [5.74, 6) is 1.50. The molecule has 0 spiro atoms. The number of methoxy groups -OCH3 is 2. The molecular formula is C17H16N2O4. The molecule has 6 nitrogen and oxygen atoms in total. The topological polar surface area (TPSA) is 73.4 Å². The number of nitrogens with one attached hydrogen (secondary N) is 1. The van der Waals surface area contributed by atoms with Crippen molar-refractivity contribution in [1.29, 1.82) is 0 Å². The highest BCUT2D eigenvalue weighted by Gasteiger charge is 2.17. The van der Waals surface area contributed by atoms with Crippen molar-refractivity contribution in [2.75, 3.05) is 14.2 Å². The number of H-pyrrole nitrogens is 1. The second-order valence-electron chi connectivity index (χ2n) is 4.82. The molecule has 1 heterocycles. The number of aromatic nitrogens is 2. The Hall–Kier alpha value is -3.02. The summed E-state index contributed by atoms with van der Waals surface area (Å²) in [6, 6.07) is 12.8. The number of rotatable bonds is 5. The van der Waals surface area contributed by atoms with Gasteiger partial charge in [0, 0.05) is 0 Å². The van der Waals surface area contributed by atoms with Gasteiger partial charge in [-0.1, -0.05) is 18.2 Å². The van der Waals surface area contributed by atoms with Crippen LogP contribution in [0.3, 0.4) is 0 Å². The van der Waals surface area contributed by atoms with Crippen molar-refractivity contribution in [2.45, 2.75) is 6.61 Å². The zero-order chi connectivity index (χ0) is 16.2. The lowest BCUT2D eigenvalue weighted by Crippen LogP contribution is -2.02. The van der Waals surface area contributed by atoms with E-state index in [0.29, 0.717) is 28.2 Å². The van der Waals surface area contributed by atoms with Gasteiger partial charge < -0.3 is 19.2 Å². The summed E-state index contributed by atoms with van der Waals surface area (Å²) in [5.41, 5.74) is 1.52. The number of para-hydroxylation sites is 1. The highest BCUT2D eigenvalue weighted by molar-refractivity contribution is 6.03. The molecule has 0 amide bonds. The number of hydrogen-bond donors (Lipinski definition) is 1. The molecule has 3 rings (SSSR count). The van der Waals surface area contributed by atoms with Gasteiger partial charge in [0.1, 0.15) is 35.0 Å². The van der Waals surface area contributed by atoms with Crippen LogP contribution in [0, 0.1) is 0 Å². The molecule has 0 saturated heterocycles. The number of hydrogen-bond acceptors (Lipinski definition) is 5. The fourth-order valence-electron chi connectivity index (χ4n) is 2.30. The van der Waals surface area contributed by atoms with Crippen molar-refractivity contribution >= 4 is 17.0 Å². The predicted molar refractivity (Wildman–Crippen MR) is 84.8 cm³/mol. The van der Waals surface area contributed by atoms with Crippen molar-refractivity contribution in [3.05, 3.63) is 53.9 Å². The van der Waals surface area contributed by atoms with Crippen LogP contribution < -0.4 is 9.47 Å². The Morgan fingerprint density at radius 3 is 2.61 bits per heavy atom. The molecule has 23 heavy (non-hydrogen) atoms. The SMILES string of the molecule is COC(=O)c1ccc(OC)c2[nH]c(COc3ccccc3)nc12. The summed E-state index contributed by atoms with van der Waals surface area (Å²) < 4.78 is 15.8. The minimum Gasteiger partial charge on any atom is -0.494 e. The molecule has 0 unspecified atom stereocenters. The van der Waals surface area contributed by atoms with E-state index in [9.17, 15) is 4.79 Å². The first kappa shape index (κ1) is 14.9. The number of carbonyl (C=O) groups is 1. The van der Waals surface area contributed by atoms with Gasteiger partial charge in [-0.05, 0) is 24.3 Å². The van der Waals surface area contributed by atoms with Crippen LogP contribution in [0.15, 0.2) is 42.5 Å². The van der Waals surface area contributed by atoms with Crippen molar-refractivity contribution in [3.63, 3.8) is 0 Å². The maximum absolute atomic E-state index is 11.9. The van der Waals surface area contributed by atoms with Gasteiger partial charge in [0.25, 0.3) is 0 Å². The first-order valence-corrected chi connectivity index (χ1v) is 7.04. The van der Waals surface area contributed by atoms with Crippen molar-refractivity contribution in [3.8, 4) is 11.5 Å². The van der Waals surface area contributed by atoms with Gasteiger partial charge >= 0.3 is 5.97 Å². The first-order chi connectivity index (χ1) is 11.2. The van der Waals surface area contributed by atoms with Crippen LogP contribution in [0.2, 0.25) is 0 Å². The Bertz CT molecular complexity index is 827. The highest BCUT2D eigenvalue weighted by Crippen LogP contribution is 2.27. The van der Waals surface area contributed by atoms with Gasteiger partial charge in [0.05, 0.1) is 19.8 Å². The zero-order valence-electron chi connectivity index (χ0n) is 12.8. The molecule has 1 aromatic heterocycles. The second kappa shape index (κ2) is 6.39.